The fraction of sp³-hybridized carbons (Fsp3) is 0.929. The number of hydrogen-bond donors (Lipinski definition) is 0. The van der Waals surface area contributed by atoms with Crippen LogP contribution in [0.25, 0.3) is 0 Å². The van der Waals surface area contributed by atoms with Gasteiger partial charge in [-0.2, -0.15) is 0 Å². The van der Waals surface area contributed by atoms with E-state index in [4.69, 9.17) is 11.6 Å². The van der Waals surface area contributed by atoms with Crippen LogP contribution >= 0.6 is 11.6 Å². The van der Waals surface area contributed by atoms with Crippen molar-refractivity contribution in [2.75, 3.05) is 0 Å². The van der Waals surface area contributed by atoms with E-state index in [0.717, 1.165) is 57.2 Å². The van der Waals surface area contributed by atoms with Crippen molar-refractivity contribution in [3.63, 3.8) is 0 Å². The molecule has 10 aliphatic rings. The first-order valence-electron chi connectivity index (χ1n) is 7.35. The molecule has 10 aliphatic heterocycles. The Hall–Kier alpha value is 0.479. The van der Waals surface area contributed by atoms with E-state index in [-0.39, 0.29) is 0 Å². The van der Waals surface area contributed by atoms with Gasteiger partial charge >= 0.3 is 95.1 Å². The molecule has 92 valence electrons. The average molecular weight is 291 g/mol. The maximum atomic E-state index is 12.9. The number of rotatable bonds is 3. The molecule has 0 aromatic heterocycles. The number of hydrogen-bond acceptors (Lipinski definition) is 1. The van der Waals surface area contributed by atoms with E-state index in [0.29, 0.717) is 8.09 Å². The second-order valence-electron chi connectivity index (χ2n) is 10.9. The Kier molecular flexibility index (Phi) is 0.210. The van der Waals surface area contributed by atoms with Crippen molar-refractivity contribution in [3.8, 4) is 0 Å². The summed E-state index contributed by atoms with van der Waals surface area (Å²) in [5.74, 6) is 0.756. The molecule has 1 nitrogen and oxygen atoms in total. The van der Waals surface area contributed by atoms with E-state index < -0.39 is 6.51 Å². The zero-order valence-corrected chi connectivity index (χ0v) is 11.5. The number of Topliss-reactive ketones (excluding diaryl/α,β-unsaturated/α-hetero) is 1. The van der Waals surface area contributed by atoms with E-state index in [1.165, 1.54) is 0 Å². The van der Waals surface area contributed by atoms with Crippen molar-refractivity contribution < 1.29 is 11.3 Å². The molecule has 5 unspecified atom stereocenters. The van der Waals surface area contributed by atoms with Crippen molar-refractivity contribution >= 4 is 17.4 Å². The maximum absolute atomic E-state index is 12.9. The van der Waals surface area contributed by atoms with E-state index >= 15 is 0 Å². The summed E-state index contributed by atoms with van der Waals surface area (Å²) in [6.07, 6.45) is 1.96. The minimum atomic E-state index is -3.41. The molecule has 0 amide bonds. The topological polar surface area (TPSA) is 17.1 Å². The fourth-order valence-corrected chi connectivity index (χ4v) is 97.3. The van der Waals surface area contributed by atoms with E-state index in [1.807, 2.05) is 0 Å². The molecule has 3 heteroatoms. The second-order valence-corrected chi connectivity index (χ2v) is 35.0. The molecule has 0 radical (unpaired) electrons. The third-order valence-corrected chi connectivity index (χ3v) is 61.3. The SMILES string of the molecule is CCCC(=O)[C]12[CH]3[CH]4[C]5(Cl)[CH]1[Fe]43521678[CH]2[CH]1[CH]6[CH]7[CH]28. The van der Waals surface area contributed by atoms with Crippen LogP contribution in [0.3, 0.4) is 0 Å². The minimum absolute atomic E-state index is 0.387. The summed E-state index contributed by atoms with van der Waals surface area (Å²) in [5, 5.41) is 0. The van der Waals surface area contributed by atoms with Crippen LogP contribution in [0.5, 0.6) is 0 Å². The van der Waals surface area contributed by atoms with Gasteiger partial charge in [-0.25, -0.2) is 0 Å². The molecule has 10 rings (SSSR count). The number of halogens is 1. The van der Waals surface area contributed by atoms with Gasteiger partial charge in [-0.15, -0.1) is 0 Å². The molecule has 0 aromatic rings. The molecule has 0 N–H and O–H groups in total. The molecule has 0 aliphatic carbocycles. The van der Waals surface area contributed by atoms with Gasteiger partial charge in [0.2, 0.25) is 0 Å². The molecular formula is C14H15ClFeO. The zero-order valence-electron chi connectivity index (χ0n) is 9.67. The molecule has 0 bridgehead atoms. The molecular weight excluding hydrogens is 275 g/mol. The Morgan fingerprint density at radius 1 is 1.18 bits per heavy atom. The standard InChI is InChI=1S/C9H10ClO.C5H5.Fe/c1-2-3-9(11)7-4-5-8(10)6-7;1-2-4-5-3-1;/h4-6H,2-3H2,1H3;1-5H;. The average Bonchev–Trinajstić information content (AvgIpc) is 3.23. The first-order valence-corrected chi connectivity index (χ1v) is 13.9. The number of alkyl halides is 1. The van der Waals surface area contributed by atoms with Gasteiger partial charge in [-0.3, -0.25) is 0 Å². The Balaban J connectivity index is 1.62. The number of carbonyl (C=O) groups excluding carboxylic acids is 1. The van der Waals surface area contributed by atoms with E-state index in [1.54, 1.807) is 0 Å². The third-order valence-electron chi connectivity index (χ3n) is 15.5. The molecule has 10 fully saturated rings. The van der Waals surface area contributed by atoms with Crippen LogP contribution in [0, 0.1) is 0 Å². The van der Waals surface area contributed by atoms with Gasteiger partial charge in [0.25, 0.3) is 0 Å². The van der Waals surface area contributed by atoms with Crippen LogP contribution < -0.4 is 0 Å². The Bertz CT molecular complexity index is 1030. The number of fused-ring (bicyclic) bond motifs is 10. The Labute approximate surface area is 94.9 Å². The van der Waals surface area contributed by atoms with Crippen molar-refractivity contribution in [2.45, 2.75) is 66.4 Å². The number of ketones is 1. The van der Waals surface area contributed by atoms with Gasteiger partial charge in [0, 0.05) is 0 Å². The van der Waals surface area contributed by atoms with E-state index in [9.17, 15) is 4.79 Å². The summed E-state index contributed by atoms with van der Waals surface area (Å²) in [5.41, 5.74) is 0. The predicted molar refractivity (Wildman–Crippen MR) is 61.2 cm³/mol. The normalized spacial score (nSPS) is 123. The fourth-order valence-electron chi connectivity index (χ4n) is 17.4. The van der Waals surface area contributed by atoms with Crippen LogP contribution in [-0.2, 0) is 11.3 Å². The van der Waals surface area contributed by atoms with Gasteiger partial charge in [0.15, 0.2) is 0 Å². The second kappa shape index (κ2) is 0.528. The zero-order chi connectivity index (χ0) is 10.9. The summed E-state index contributed by atoms with van der Waals surface area (Å²) in [6, 6.07) is 0. The van der Waals surface area contributed by atoms with Gasteiger partial charge in [0.05, 0.1) is 0 Å². The molecule has 0 aromatic carbocycles. The predicted octanol–water partition coefficient (Wildman–Crippen LogP) is 4.26. The number of carbonyl (C=O) groups is 1. The quantitative estimate of drug-likeness (QED) is 0.560. The van der Waals surface area contributed by atoms with Crippen LogP contribution in [0.2, 0.25) is 42.8 Å². The van der Waals surface area contributed by atoms with Gasteiger partial charge < -0.3 is 0 Å². The van der Waals surface area contributed by atoms with Crippen molar-refractivity contribution in [2.24, 2.45) is 0 Å². The van der Waals surface area contributed by atoms with Crippen molar-refractivity contribution in [3.05, 3.63) is 0 Å². The van der Waals surface area contributed by atoms with Crippen LogP contribution in [0.15, 0.2) is 0 Å². The summed E-state index contributed by atoms with van der Waals surface area (Å²) in [7, 11) is 0. The molecule has 10 saturated heterocycles. The molecule has 5 atom stereocenters. The first-order chi connectivity index (χ1) is 7.91. The first kappa shape index (κ1) is 6.77. The van der Waals surface area contributed by atoms with Crippen LogP contribution in [0.1, 0.15) is 19.8 Å². The van der Waals surface area contributed by atoms with Gasteiger partial charge in [-0.1, -0.05) is 0 Å². The monoisotopic (exact) mass is 290 g/mol. The summed E-state index contributed by atoms with van der Waals surface area (Å²) in [4.78, 5) is 21.7. The molecule has 0 saturated carbocycles. The van der Waals surface area contributed by atoms with Crippen molar-refractivity contribution in [1.29, 1.82) is 0 Å². The summed E-state index contributed by atoms with van der Waals surface area (Å²) in [6.45, 7) is -1.23. The molecule has 1 spiro atoms. The van der Waals surface area contributed by atoms with Crippen LogP contribution in [-0.4, -0.2) is 9.56 Å². The van der Waals surface area contributed by atoms with E-state index in [2.05, 4.69) is 6.92 Å². The summed E-state index contributed by atoms with van der Waals surface area (Å²) < 4.78 is 0.782. The van der Waals surface area contributed by atoms with Crippen LogP contribution in [0.4, 0.5) is 0 Å². The molecule has 17 heavy (non-hydrogen) atoms. The summed E-state index contributed by atoms with van der Waals surface area (Å²) >= 11 is 7.26. The Morgan fingerprint density at radius 3 is 2.00 bits per heavy atom. The van der Waals surface area contributed by atoms with Gasteiger partial charge in [0.1, 0.15) is 0 Å². The van der Waals surface area contributed by atoms with Crippen molar-refractivity contribution in [1.82, 2.24) is 0 Å². The molecule has 10 heterocycles. The third kappa shape index (κ3) is 0.0623. The van der Waals surface area contributed by atoms with Gasteiger partial charge in [-0.05, 0) is 0 Å². The Morgan fingerprint density at radius 2 is 1.76 bits per heavy atom.